The Morgan fingerprint density at radius 3 is 2.23 bits per heavy atom. The van der Waals surface area contributed by atoms with E-state index in [0.717, 1.165) is 4.90 Å². The van der Waals surface area contributed by atoms with Crippen LogP contribution in [0.2, 0.25) is 0 Å². The van der Waals surface area contributed by atoms with Gasteiger partial charge in [0.1, 0.15) is 11.4 Å². The molecule has 0 fully saturated rings. The largest absolute Gasteiger partial charge is 0.494 e. The zero-order valence-corrected chi connectivity index (χ0v) is 24.9. The van der Waals surface area contributed by atoms with Gasteiger partial charge < -0.3 is 24.8 Å². The summed E-state index contributed by atoms with van der Waals surface area (Å²) in [5.74, 6) is 0.931. The fourth-order valence-corrected chi connectivity index (χ4v) is 4.89. The van der Waals surface area contributed by atoms with Gasteiger partial charge in [0.05, 0.1) is 26.6 Å². The number of thioether (sulfide) groups is 1. The smallest absolute Gasteiger partial charge is 0.272 e. The molecule has 220 valence electrons. The van der Waals surface area contributed by atoms with Gasteiger partial charge in [-0.1, -0.05) is 36.4 Å². The lowest BCUT2D eigenvalue weighted by atomic mass is 10.1. The monoisotopic (exact) mass is 596 g/mol. The SMILES string of the molecule is CCOc1ccc(/C=C(\NC(=O)c2ccccc2)C(=O)Nc2cccc(SCC(=O)c3ccc(OC)c(OC)c3)c2)cc1. The molecular formula is C34H32N2O6S. The third kappa shape index (κ3) is 8.73. The fourth-order valence-electron chi connectivity index (χ4n) is 4.04. The zero-order valence-electron chi connectivity index (χ0n) is 24.1. The number of amides is 2. The molecule has 0 radical (unpaired) electrons. The second kappa shape index (κ2) is 15.3. The van der Waals surface area contributed by atoms with Gasteiger partial charge in [-0.25, -0.2) is 0 Å². The third-order valence-corrected chi connectivity index (χ3v) is 7.19. The van der Waals surface area contributed by atoms with Crippen molar-refractivity contribution in [2.75, 3.05) is 31.9 Å². The highest BCUT2D eigenvalue weighted by Gasteiger charge is 2.16. The first-order valence-corrected chi connectivity index (χ1v) is 14.5. The number of ketones is 1. The second-order valence-corrected chi connectivity index (χ2v) is 10.2. The molecule has 0 aliphatic rings. The maximum Gasteiger partial charge on any atom is 0.272 e. The number of benzene rings is 4. The average Bonchev–Trinajstić information content (AvgIpc) is 3.04. The average molecular weight is 597 g/mol. The van der Waals surface area contributed by atoms with Crippen LogP contribution in [0.4, 0.5) is 5.69 Å². The molecule has 0 aliphatic carbocycles. The fraction of sp³-hybridized carbons (Fsp3) is 0.147. The van der Waals surface area contributed by atoms with Crippen LogP contribution in [0.5, 0.6) is 17.2 Å². The topological polar surface area (TPSA) is 103 Å². The molecule has 0 aliphatic heterocycles. The number of hydrogen-bond donors (Lipinski definition) is 2. The van der Waals surface area contributed by atoms with Crippen molar-refractivity contribution in [2.45, 2.75) is 11.8 Å². The van der Waals surface area contributed by atoms with Crippen LogP contribution in [-0.2, 0) is 4.79 Å². The maximum absolute atomic E-state index is 13.4. The van der Waals surface area contributed by atoms with Gasteiger partial charge in [0.25, 0.3) is 11.8 Å². The van der Waals surface area contributed by atoms with Gasteiger partial charge in [0, 0.05) is 21.7 Å². The number of hydrogen-bond acceptors (Lipinski definition) is 7. The van der Waals surface area contributed by atoms with Crippen molar-refractivity contribution in [1.29, 1.82) is 0 Å². The van der Waals surface area contributed by atoms with Gasteiger partial charge in [-0.3, -0.25) is 14.4 Å². The molecule has 0 aromatic heterocycles. The Morgan fingerprint density at radius 1 is 0.791 bits per heavy atom. The summed E-state index contributed by atoms with van der Waals surface area (Å²) in [6.45, 7) is 2.44. The van der Waals surface area contributed by atoms with Crippen molar-refractivity contribution in [1.82, 2.24) is 5.32 Å². The van der Waals surface area contributed by atoms with E-state index >= 15 is 0 Å². The molecule has 2 N–H and O–H groups in total. The molecule has 9 heteroatoms. The lowest BCUT2D eigenvalue weighted by Crippen LogP contribution is -2.30. The molecule has 43 heavy (non-hydrogen) atoms. The van der Waals surface area contributed by atoms with Crippen molar-refractivity contribution in [3.8, 4) is 17.2 Å². The molecule has 4 rings (SSSR count). The number of methoxy groups -OCH3 is 2. The van der Waals surface area contributed by atoms with Crippen LogP contribution in [0.1, 0.15) is 33.2 Å². The Hall–Kier alpha value is -5.02. The molecule has 0 saturated heterocycles. The molecule has 2 amide bonds. The summed E-state index contributed by atoms with van der Waals surface area (Å²) in [6, 6.07) is 28.1. The van der Waals surface area contributed by atoms with Crippen molar-refractivity contribution in [2.24, 2.45) is 0 Å². The van der Waals surface area contributed by atoms with E-state index in [0.29, 0.717) is 46.2 Å². The first kappa shape index (κ1) is 30.9. The van der Waals surface area contributed by atoms with Crippen molar-refractivity contribution in [3.63, 3.8) is 0 Å². The molecule has 0 unspecified atom stereocenters. The first-order chi connectivity index (χ1) is 20.9. The number of Topliss-reactive ketones (excluding diaryl/α,β-unsaturated/α-hetero) is 1. The van der Waals surface area contributed by atoms with Gasteiger partial charge in [0.15, 0.2) is 17.3 Å². The second-order valence-electron chi connectivity index (χ2n) is 9.14. The van der Waals surface area contributed by atoms with Gasteiger partial charge in [-0.05, 0) is 79.2 Å². The minimum Gasteiger partial charge on any atom is -0.494 e. The normalized spacial score (nSPS) is 10.9. The van der Waals surface area contributed by atoms with Crippen LogP contribution in [0.3, 0.4) is 0 Å². The summed E-state index contributed by atoms with van der Waals surface area (Å²) >= 11 is 1.34. The number of ether oxygens (including phenoxy) is 3. The zero-order chi connectivity index (χ0) is 30.6. The van der Waals surface area contributed by atoms with E-state index in [-0.39, 0.29) is 17.2 Å². The van der Waals surface area contributed by atoms with E-state index in [4.69, 9.17) is 14.2 Å². The van der Waals surface area contributed by atoms with Gasteiger partial charge in [-0.2, -0.15) is 0 Å². The first-order valence-electron chi connectivity index (χ1n) is 13.5. The molecular weight excluding hydrogens is 564 g/mol. The van der Waals surface area contributed by atoms with E-state index in [1.54, 1.807) is 91.0 Å². The summed E-state index contributed by atoms with van der Waals surface area (Å²) < 4.78 is 16.0. The number of rotatable bonds is 13. The number of anilines is 1. The van der Waals surface area contributed by atoms with Crippen molar-refractivity contribution < 1.29 is 28.6 Å². The van der Waals surface area contributed by atoms with Crippen LogP contribution in [-0.4, -0.2) is 44.2 Å². The van der Waals surface area contributed by atoms with Gasteiger partial charge >= 0.3 is 0 Å². The molecule has 8 nitrogen and oxygen atoms in total. The lowest BCUT2D eigenvalue weighted by molar-refractivity contribution is -0.113. The number of carbonyl (C=O) groups excluding carboxylic acids is 3. The van der Waals surface area contributed by atoms with Crippen LogP contribution >= 0.6 is 11.8 Å². The molecule has 4 aromatic rings. The number of nitrogens with one attached hydrogen (secondary N) is 2. The van der Waals surface area contributed by atoms with Crippen LogP contribution in [0.15, 0.2) is 108 Å². The van der Waals surface area contributed by atoms with Gasteiger partial charge in [-0.15, -0.1) is 11.8 Å². The van der Waals surface area contributed by atoms with E-state index in [9.17, 15) is 14.4 Å². The van der Waals surface area contributed by atoms with E-state index in [1.807, 2.05) is 19.1 Å². The van der Waals surface area contributed by atoms with Crippen molar-refractivity contribution in [3.05, 3.63) is 119 Å². The highest BCUT2D eigenvalue weighted by atomic mass is 32.2. The lowest BCUT2D eigenvalue weighted by Gasteiger charge is -2.12. The maximum atomic E-state index is 13.4. The van der Waals surface area contributed by atoms with E-state index in [1.165, 1.54) is 26.0 Å². The Balaban J connectivity index is 1.48. The van der Waals surface area contributed by atoms with E-state index in [2.05, 4.69) is 10.6 Å². The van der Waals surface area contributed by atoms with E-state index < -0.39 is 11.8 Å². The van der Waals surface area contributed by atoms with Crippen LogP contribution in [0.25, 0.3) is 6.08 Å². The van der Waals surface area contributed by atoms with Crippen LogP contribution in [0, 0.1) is 0 Å². The highest BCUT2D eigenvalue weighted by molar-refractivity contribution is 8.00. The molecule has 0 spiro atoms. The minimum atomic E-state index is -0.498. The summed E-state index contributed by atoms with van der Waals surface area (Å²) in [6.07, 6.45) is 1.60. The molecule has 0 saturated carbocycles. The summed E-state index contributed by atoms with van der Waals surface area (Å²) in [5.41, 5.74) is 2.22. The quantitative estimate of drug-likeness (QED) is 0.103. The molecule has 4 aromatic carbocycles. The van der Waals surface area contributed by atoms with Crippen molar-refractivity contribution >= 4 is 41.1 Å². The molecule has 0 heterocycles. The number of carbonyl (C=O) groups is 3. The third-order valence-electron chi connectivity index (χ3n) is 6.20. The van der Waals surface area contributed by atoms with Gasteiger partial charge in [0.2, 0.25) is 0 Å². The molecule has 0 atom stereocenters. The summed E-state index contributed by atoms with van der Waals surface area (Å²) in [4.78, 5) is 40.0. The standard InChI is InChI=1S/C34H32N2O6S/c1-4-42-27-16-13-23(14-17-27)19-29(36-33(38)24-9-6-5-7-10-24)34(39)35-26-11-8-12-28(21-26)43-22-30(37)25-15-18-31(40-2)32(20-25)41-3/h5-21H,4,22H2,1-3H3,(H,35,39)(H,36,38)/b29-19-. The predicted molar refractivity (Wildman–Crippen MR) is 169 cm³/mol. The Labute approximate surface area is 255 Å². The Morgan fingerprint density at radius 2 is 1.53 bits per heavy atom. The minimum absolute atomic E-state index is 0.0692. The predicted octanol–water partition coefficient (Wildman–Crippen LogP) is 6.49. The Bertz CT molecular complexity index is 1600. The Kier molecular flexibility index (Phi) is 11.0. The molecule has 0 bridgehead atoms. The summed E-state index contributed by atoms with van der Waals surface area (Å²) in [5, 5.41) is 5.60. The summed E-state index contributed by atoms with van der Waals surface area (Å²) in [7, 11) is 3.06. The van der Waals surface area contributed by atoms with Crippen LogP contribution < -0.4 is 24.8 Å². The highest BCUT2D eigenvalue weighted by Crippen LogP contribution is 2.29.